The van der Waals surface area contributed by atoms with E-state index in [-0.39, 0.29) is 6.10 Å². The minimum absolute atomic E-state index is 0.304. The van der Waals surface area contributed by atoms with E-state index in [2.05, 4.69) is 0 Å². The van der Waals surface area contributed by atoms with Crippen LogP contribution in [0.15, 0.2) is 16.8 Å². The molecule has 10 heavy (non-hydrogen) atoms. The zero-order chi connectivity index (χ0) is 7.98. The molecule has 0 spiro atoms. The fourth-order valence-electron chi connectivity index (χ4n) is 0.513. The maximum Gasteiger partial charge on any atom is 0.0769 e. The second kappa shape index (κ2) is 5.45. The van der Waals surface area contributed by atoms with E-state index in [9.17, 15) is 0 Å². The monoisotopic (exact) mass is 158 g/mol. The first-order chi connectivity index (χ1) is 4.80. The molecule has 0 saturated heterocycles. The third-order valence-corrected chi connectivity index (χ3v) is 1.73. The predicted molar refractivity (Wildman–Crippen MR) is 46.3 cm³/mol. The second-order valence-electron chi connectivity index (χ2n) is 1.73. The zero-order valence-corrected chi connectivity index (χ0v) is 7.48. The SMILES string of the molecule is CC.CC(O)c1ccsc1. The van der Waals surface area contributed by atoms with E-state index in [0.717, 1.165) is 5.56 Å². The van der Waals surface area contributed by atoms with Gasteiger partial charge in [0.25, 0.3) is 0 Å². The van der Waals surface area contributed by atoms with Gasteiger partial charge in [0.2, 0.25) is 0 Å². The summed E-state index contributed by atoms with van der Waals surface area (Å²) in [6.07, 6.45) is -0.304. The number of rotatable bonds is 1. The minimum Gasteiger partial charge on any atom is -0.389 e. The molecule has 1 atom stereocenters. The first kappa shape index (κ1) is 9.66. The molecule has 1 aromatic heterocycles. The number of thiophene rings is 1. The number of hydrogen-bond acceptors (Lipinski definition) is 2. The van der Waals surface area contributed by atoms with Crippen molar-refractivity contribution >= 4 is 11.3 Å². The summed E-state index contributed by atoms with van der Waals surface area (Å²) in [5, 5.41) is 12.8. The van der Waals surface area contributed by atoms with Gasteiger partial charge in [-0.15, -0.1) is 0 Å². The van der Waals surface area contributed by atoms with Crippen LogP contribution in [-0.4, -0.2) is 5.11 Å². The van der Waals surface area contributed by atoms with Gasteiger partial charge in [0.1, 0.15) is 0 Å². The van der Waals surface area contributed by atoms with Gasteiger partial charge in [-0.2, -0.15) is 11.3 Å². The van der Waals surface area contributed by atoms with E-state index in [1.165, 1.54) is 0 Å². The highest BCUT2D eigenvalue weighted by atomic mass is 32.1. The Balaban J connectivity index is 0.000000371. The first-order valence-corrected chi connectivity index (χ1v) is 4.45. The third-order valence-electron chi connectivity index (χ3n) is 1.03. The second-order valence-corrected chi connectivity index (χ2v) is 2.51. The van der Waals surface area contributed by atoms with Crippen LogP contribution in [0.5, 0.6) is 0 Å². The highest BCUT2D eigenvalue weighted by Gasteiger charge is 1.96. The topological polar surface area (TPSA) is 20.2 Å². The molecular formula is C8H14OS. The van der Waals surface area contributed by atoms with Gasteiger partial charge < -0.3 is 5.11 Å². The van der Waals surface area contributed by atoms with E-state index < -0.39 is 0 Å². The van der Waals surface area contributed by atoms with Crippen molar-refractivity contribution in [1.29, 1.82) is 0 Å². The Morgan fingerprint density at radius 2 is 2.10 bits per heavy atom. The van der Waals surface area contributed by atoms with Gasteiger partial charge in [-0.3, -0.25) is 0 Å². The van der Waals surface area contributed by atoms with Crippen LogP contribution in [0.2, 0.25) is 0 Å². The van der Waals surface area contributed by atoms with Gasteiger partial charge in [0, 0.05) is 0 Å². The van der Waals surface area contributed by atoms with Crippen LogP contribution >= 0.6 is 11.3 Å². The summed E-state index contributed by atoms with van der Waals surface area (Å²) >= 11 is 1.61. The zero-order valence-electron chi connectivity index (χ0n) is 6.66. The van der Waals surface area contributed by atoms with Crippen LogP contribution in [0.1, 0.15) is 32.4 Å². The Morgan fingerprint density at radius 1 is 1.50 bits per heavy atom. The lowest BCUT2D eigenvalue weighted by atomic mass is 10.2. The van der Waals surface area contributed by atoms with Crippen molar-refractivity contribution in [3.8, 4) is 0 Å². The van der Waals surface area contributed by atoms with E-state index in [4.69, 9.17) is 5.11 Å². The van der Waals surface area contributed by atoms with Gasteiger partial charge in [0.15, 0.2) is 0 Å². The Morgan fingerprint density at radius 3 is 2.30 bits per heavy atom. The lowest BCUT2D eigenvalue weighted by molar-refractivity contribution is 0.200. The van der Waals surface area contributed by atoms with Crippen molar-refractivity contribution in [2.75, 3.05) is 0 Å². The van der Waals surface area contributed by atoms with Crippen molar-refractivity contribution in [2.24, 2.45) is 0 Å². The molecule has 1 unspecified atom stereocenters. The molecule has 0 aliphatic rings. The van der Waals surface area contributed by atoms with Crippen molar-refractivity contribution in [1.82, 2.24) is 0 Å². The first-order valence-electron chi connectivity index (χ1n) is 3.51. The Hall–Kier alpha value is -0.340. The Bertz CT molecular complexity index is 144. The van der Waals surface area contributed by atoms with Crippen LogP contribution in [0.25, 0.3) is 0 Å². The molecule has 1 rings (SSSR count). The summed E-state index contributed by atoms with van der Waals surface area (Å²) in [7, 11) is 0. The lowest BCUT2D eigenvalue weighted by Gasteiger charge is -1.95. The highest BCUT2D eigenvalue weighted by molar-refractivity contribution is 7.07. The van der Waals surface area contributed by atoms with Crippen LogP contribution in [-0.2, 0) is 0 Å². The van der Waals surface area contributed by atoms with Crippen molar-refractivity contribution in [3.63, 3.8) is 0 Å². The lowest BCUT2D eigenvalue weighted by Crippen LogP contribution is -1.84. The summed E-state index contributed by atoms with van der Waals surface area (Å²) in [5.41, 5.74) is 1.01. The molecule has 0 aliphatic carbocycles. The average Bonchev–Trinajstić information content (AvgIpc) is 2.42. The van der Waals surface area contributed by atoms with Crippen LogP contribution in [0.4, 0.5) is 0 Å². The maximum absolute atomic E-state index is 8.92. The molecule has 1 aromatic rings. The molecule has 58 valence electrons. The van der Waals surface area contributed by atoms with Gasteiger partial charge in [0.05, 0.1) is 6.10 Å². The Kier molecular flexibility index (Phi) is 5.26. The standard InChI is InChI=1S/C6H8OS.C2H6/c1-5(7)6-2-3-8-4-6;1-2/h2-5,7H,1H3;1-2H3. The average molecular weight is 158 g/mol. The number of hydrogen-bond donors (Lipinski definition) is 1. The van der Waals surface area contributed by atoms with Crippen molar-refractivity contribution in [2.45, 2.75) is 26.9 Å². The smallest absolute Gasteiger partial charge is 0.0769 e. The summed E-state index contributed by atoms with van der Waals surface area (Å²) in [6, 6.07) is 1.93. The van der Waals surface area contributed by atoms with Crippen LogP contribution in [0, 0.1) is 0 Å². The summed E-state index contributed by atoms with van der Waals surface area (Å²) in [6.45, 7) is 5.77. The maximum atomic E-state index is 8.92. The fraction of sp³-hybridized carbons (Fsp3) is 0.500. The summed E-state index contributed by atoms with van der Waals surface area (Å²) in [4.78, 5) is 0. The molecule has 1 N–H and O–H groups in total. The van der Waals surface area contributed by atoms with Crippen molar-refractivity contribution in [3.05, 3.63) is 22.4 Å². The normalized spacial score (nSPS) is 11.6. The Labute approximate surface area is 66.3 Å². The third kappa shape index (κ3) is 2.99. The predicted octanol–water partition coefficient (Wildman–Crippen LogP) is 2.83. The number of aliphatic hydroxyl groups is 1. The summed E-state index contributed by atoms with van der Waals surface area (Å²) < 4.78 is 0. The van der Waals surface area contributed by atoms with Gasteiger partial charge in [-0.1, -0.05) is 13.8 Å². The van der Waals surface area contributed by atoms with Crippen LogP contribution < -0.4 is 0 Å². The molecular weight excluding hydrogens is 144 g/mol. The molecule has 0 bridgehead atoms. The summed E-state index contributed by atoms with van der Waals surface area (Å²) in [5.74, 6) is 0. The number of aliphatic hydroxyl groups excluding tert-OH is 1. The van der Waals surface area contributed by atoms with E-state index in [0.29, 0.717) is 0 Å². The van der Waals surface area contributed by atoms with Gasteiger partial charge in [-0.05, 0) is 29.3 Å². The quantitative estimate of drug-likeness (QED) is 0.666. The van der Waals surface area contributed by atoms with E-state index in [1.54, 1.807) is 18.3 Å². The van der Waals surface area contributed by atoms with E-state index in [1.807, 2.05) is 30.7 Å². The van der Waals surface area contributed by atoms with Gasteiger partial charge >= 0.3 is 0 Å². The molecule has 1 nitrogen and oxygen atoms in total. The molecule has 2 heteroatoms. The fourth-order valence-corrected chi connectivity index (χ4v) is 1.26. The molecule has 0 aliphatic heterocycles. The largest absolute Gasteiger partial charge is 0.389 e. The van der Waals surface area contributed by atoms with Crippen molar-refractivity contribution < 1.29 is 5.11 Å². The minimum atomic E-state index is -0.304. The molecule has 0 saturated carbocycles. The highest BCUT2D eigenvalue weighted by Crippen LogP contribution is 2.14. The van der Waals surface area contributed by atoms with Gasteiger partial charge in [-0.25, -0.2) is 0 Å². The van der Waals surface area contributed by atoms with E-state index >= 15 is 0 Å². The molecule has 0 aromatic carbocycles. The van der Waals surface area contributed by atoms with Crippen LogP contribution in [0.3, 0.4) is 0 Å². The molecule has 0 radical (unpaired) electrons. The molecule has 1 heterocycles. The molecule has 0 fully saturated rings. The molecule has 0 amide bonds.